The van der Waals surface area contributed by atoms with Gasteiger partial charge in [0.2, 0.25) is 5.89 Å². The molecule has 0 radical (unpaired) electrons. The largest absolute Gasteiger partial charge is 0.443 e. The first-order chi connectivity index (χ1) is 13.5. The lowest BCUT2D eigenvalue weighted by molar-refractivity contribution is 0.0829. The Morgan fingerprint density at radius 3 is 2.79 bits per heavy atom. The first-order valence-electron chi connectivity index (χ1n) is 8.73. The number of aromatic nitrogens is 3. The number of hydrogen-bond acceptors (Lipinski definition) is 5. The number of benzene rings is 1. The van der Waals surface area contributed by atoms with E-state index in [4.69, 9.17) is 4.42 Å². The highest BCUT2D eigenvalue weighted by Gasteiger charge is 2.14. The Morgan fingerprint density at radius 1 is 1.18 bits per heavy atom. The lowest BCUT2D eigenvalue weighted by atomic mass is 10.1. The fraction of sp³-hybridized carbons (Fsp3) is 0.143. The van der Waals surface area contributed by atoms with Crippen LogP contribution in [0.5, 0.6) is 0 Å². The van der Waals surface area contributed by atoms with E-state index in [1.54, 1.807) is 44.7 Å². The smallest absolute Gasteiger partial charge is 0.254 e. The Labute approximate surface area is 160 Å². The number of fused-ring (bicyclic) bond motifs is 1. The Morgan fingerprint density at radius 2 is 2.04 bits per heavy atom. The van der Waals surface area contributed by atoms with Crippen molar-refractivity contribution in [1.29, 1.82) is 0 Å². The van der Waals surface area contributed by atoms with E-state index in [1.165, 1.54) is 21.8 Å². The molecule has 0 N–H and O–H groups in total. The van der Waals surface area contributed by atoms with E-state index in [9.17, 15) is 9.59 Å². The summed E-state index contributed by atoms with van der Waals surface area (Å²) in [6.07, 6.45) is 4.87. The van der Waals surface area contributed by atoms with Gasteiger partial charge in [0.25, 0.3) is 11.5 Å². The van der Waals surface area contributed by atoms with Gasteiger partial charge in [0.15, 0.2) is 0 Å². The zero-order valence-corrected chi connectivity index (χ0v) is 15.5. The van der Waals surface area contributed by atoms with Crippen LogP contribution < -0.4 is 5.56 Å². The van der Waals surface area contributed by atoms with Gasteiger partial charge in [-0.2, -0.15) is 0 Å². The van der Waals surface area contributed by atoms with E-state index in [0.717, 1.165) is 5.39 Å². The fourth-order valence-electron chi connectivity index (χ4n) is 3.00. The maximum Gasteiger partial charge on any atom is 0.254 e. The molecule has 3 heterocycles. The van der Waals surface area contributed by atoms with Crippen LogP contribution in [0.25, 0.3) is 22.4 Å². The number of oxazole rings is 1. The molecule has 0 unspecified atom stereocenters. The molecule has 0 aliphatic rings. The van der Waals surface area contributed by atoms with Gasteiger partial charge in [-0.05, 0) is 23.6 Å². The second kappa shape index (κ2) is 7.11. The third kappa shape index (κ3) is 3.29. The van der Waals surface area contributed by atoms with Crippen LogP contribution in [0.1, 0.15) is 16.1 Å². The Kier molecular flexibility index (Phi) is 4.49. The first kappa shape index (κ1) is 17.7. The number of rotatable bonds is 4. The van der Waals surface area contributed by atoms with Gasteiger partial charge in [0.1, 0.15) is 12.0 Å². The van der Waals surface area contributed by atoms with E-state index in [1.807, 2.05) is 18.2 Å². The van der Waals surface area contributed by atoms with Crippen LogP contribution in [0, 0.1) is 0 Å². The Bertz CT molecular complexity index is 1210. The third-order valence-electron chi connectivity index (χ3n) is 4.39. The average molecular weight is 374 g/mol. The summed E-state index contributed by atoms with van der Waals surface area (Å²) in [6.45, 7) is 0.232. The van der Waals surface area contributed by atoms with Crippen molar-refractivity contribution in [3.8, 4) is 11.6 Å². The molecule has 0 bridgehead atoms. The minimum Gasteiger partial charge on any atom is -0.443 e. The molecule has 0 spiro atoms. The van der Waals surface area contributed by atoms with Crippen molar-refractivity contribution < 1.29 is 9.21 Å². The summed E-state index contributed by atoms with van der Waals surface area (Å²) < 4.78 is 7.02. The van der Waals surface area contributed by atoms with Crippen molar-refractivity contribution in [2.75, 3.05) is 14.1 Å². The lowest BCUT2D eigenvalue weighted by Gasteiger charge is -2.13. The minimum atomic E-state index is -0.177. The Hall–Kier alpha value is -3.74. The minimum absolute atomic E-state index is 0.116. The van der Waals surface area contributed by atoms with Crippen molar-refractivity contribution in [1.82, 2.24) is 19.4 Å². The molecule has 140 valence electrons. The van der Waals surface area contributed by atoms with Gasteiger partial charge in [-0.25, -0.2) is 4.98 Å². The standard InChI is InChI=1S/C21H18N4O3/c1-24(2)21(27)16-7-5-6-14-10-19(26)25(12-17(14)16)11-15-13-28-20(23-15)18-8-3-4-9-22-18/h3-10,12-13H,11H2,1-2H3. The monoisotopic (exact) mass is 374 g/mol. The van der Waals surface area contributed by atoms with Gasteiger partial charge in [0.05, 0.1) is 12.2 Å². The van der Waals surface area contributed by atoms with Crippen LogP contribution in [0.2, 0.25) is 0 Å². The molecule has 28 heavy (non-hydrogen) atoms. The maximum atomic E-state index is 12.5. The second-order valence-electron chi connectivity index (χ2n) is 6.61. The van der Waals surface area contributed by atoms with Gasteiger partial charge in [-0.1, -0.05) is 18.2 Å². The number of carbonyl (C=O) groups is 1. The number of hydrogen-bond donors (Lipinski definition) is 0. The number of amides is 1. The summed E-state index contributed by atoms with van der Waals surface area (Å²) in [5.74, 6) is 0.280. The molecule has 0 aliphatic heterocycles. The predicted octanol–water partition coefficient (Wildman–Crippen LogP) is 2.80. The van der Waals surface area contributed by atoms with Crippen LogP contribution in [0.15, 0.2) is 70.3 Å². The number of carbonyl (C=O) groups excluding carboxylic acids is 1. The molecular weight excluding hydrogens is 356 g/mol. The summed E-state index contributed by atoms with van der Waals surface area (Å²) in [4.78, 5) is 35.1. The van der Waals surface area contributed by atoms with E-state index in [-0.39, 0.29) is 18.0 Å². The van der Waals surface area contributed by atoms with Gasteiger partial charge < -0.3 is 13.9 Å². The highest BCUT2D eigenvalue weighted by molar-refractivity contribution is 6.06. The van der Waals surface area contributed by atoms with Gasteiger partial charge in [-0.15, -0.1) is 0 Å². The van der Waals surface area contributed by atoms with Crippen LogP contribution in [-0.2, 0) is 6.54 Å². The zero-order valence-electron chi connectivity index (χ0n) is 15.5. The maximum absolute atomic E-state index is 12.5. The first-order valence-corrected chi connectivity index (χ1v) is 8.73. The van der Waals surface area contributed by atoms with E-state index in [2.05, 4.69) is 9.97 Å². The zero-order chi connectivity index (χ0) is 19.7. The molecule has 7 nitrogen and oxygen atoms in total. The molecule has 4 aromatic rings. The summed E-state index contributed by atoms with van der Waals surface area (Å²) in [5.41, 5.74) is 1.59. The molecule has 0 aliphatic carbocycles. The molecule has 0 fully saturated rings. The summed E-state index contributed by atoms with van der Waals surface area (Å²) in [7, 11) is 3.40. The summed E-state index contributed by atoms with van der Waals surface area (Å²) >= 11 is 0. The SMILES string of the molecule is CN(C)C(=O)c1cccc2cc(=O)n(Cc3coc(-c4ccccn4)n3)cc12. The Balaban J connectivity index is 1.72. The van der Waals surface area contributed by atoms with Crippen molar-refractivity contribution in [3.05, 3.63) is 82.7 Å². The molecule has 0 saturated heterocycles. The van der Waals surface area contributed by atoms with Crippen LogP contribution in [-0.4, -0.2) is 39.4 Å². The highest BCUT2D eigenvalue weighted by Crippen LogP contribution is 2.20. The molecule has 0 atom stereocenters. The predicted molar refractivity (Wildman–Crippen MR) is 105 cm³/mol. The molecular formula is C21H18N4O3. The van der Waals surface area contributed by atoms with Gasteiger partial charge >= 0.3 is 0 Å². The van der Waals surface area contributed by atoms with Crippen LogP contribution >= 0.6 is 0 Å². The fourth-order valence-corrected chi connectivity index (χ4v) is 3.00. The van der Waals surface area contributed by atoms with Crippen LogP contribution in [0.4, 0.5) is 0 Å². The van der Waals surface area contributed by atoms with Crippen molar-refractivity contribution in [2.45, 2.75) is 6.54 Å². The van der Waals surface area contributed by atoms with E-state index in [0.29, 0.717) is 28.2 Å². The molecule has 4 rings (SSSR count). The van der Waals surface area contributed by atoms with Crippen LogP contribution in [0.3, 0.4) is 0 Å². The number of nitrogens with zero attached hydrogens (tertiary/aromatic N) is 4. The number of pyridine rings is 2. The van der Waals surface area contributed by atoms with Gasteiger partial charge in [0, 0.05) is 43.5 Å². The second-order valence-corrected chi connectivity index (χ2v) is 6.61. The lowest BCUT2D eigenvalue weighted by Crippen LogP contribution is -2.23. The van der Waals surface area contributed by atoms with Crippen molar-refractivity contribution in [3.63, 3.8) is 0 Å². The highest BCUT2D eigenvalue weighted by atomic mass is 16.3. The van der Waals surface area contributed by atoms with Crippen molar-refractivity contribution in [2.24, 2.45) is 0 Å². The topological polar surface area (TPSA) is 81.2 Å². The molecule has 3 aromatic heterocycles. The molecule has 0 saturated carbocycles. The molecule has 1 amide bonds. The molecule has 1 aromatic carbocycles. The quantitative estimate of drug-likeness (QED) is 0.549. The third-order valence-corrected chi connectivity index (χ3v) is 4.39. The summed E-state index contributed by atoms with van der Waals surface area (Å²) in [5, 5.41) is 1.44. The van der Waals surface area contributed by atoms with Crippen molar-refractivity contribution >= 4 is 16.7 Å². The van der Waals surface area contributed by atoms with E-state index < -0.39 is 0 Å². The van der Waals surface area contributed by atoms with Gasteiger partial charge in [-0.3, -0.25) is 14.6 Å². The average Bonchev–Trinajstić information content (AvgIpc) is 3.17. The normalized spacial score (nSPS) is 10.9. The molecule has 7 heteroatoms. The summed E-state index contributed by atoms with van der Waals surface area (Å²) in [6, 6.07) is 12.4. The van der Waals surface area contributed by atoms with E-state index >= 15 is 0 Å².